The molecule has 0 unspecified atom stereocenters. The Hall–Kier alpha value is -3.21. The number of hydrogen-bond donors (Lipinski definition) is 0. The van der Waals surface area contributed by atoms with Crippen LogP contribution < -0.4 is 9.47 Å². The van der Waals surface area contributed by atoms with E-state index in [9.17, 15) is 13.2 Å². The van der Waals surface area contributed by atoms with Crippen molar-refractivity contribution in [1.29, 1.82) is 0 Å². The first kappa shape index (κ1) is 20.5. The van der Waals surface area contributed by atoms with Crippen LogP contribution >= 0.6 is 0 Å². The second-order valence-electron chi connectivity index (χ2n) is 6.34. The van der Waals surface area contributed by atoms with Crippen LogP contribution in [0.3, 0.4) is 0 Å². The van der Waals surface area contributed by atoms with E-state index in [2.05, 4.69) is 0 Å². The molecule has 0 spiro atoms. The SMILES string of the molecule is CC=Cc1ccc(OCc2ccc(-c3ccc(OCC)c(F)c3F)cc2)cc1F. The van der Waals surface area contributed by atoms with E-state index in [-0.39, 0.29) is 30.3 Å². The fourth-order valence-electron chi connectivity index (χ4n) is 2.88. The van der Waals surface area contributed by atoms with Crippen molar-refractivity contribution in [2.24, 2.45) is 0 Å². The predicted octanol–water partition coefficient (Wildman–Crippen LogP) is 6.78. The maximum Gasteiger partial charge on any atom is 0.201 e. The molecule has 0 saturated carbocycles. The first-order valence-corrected chi connectivity index (χ1v) is 9.28. The molecular weight excluding hydrogens is 377 g/mol. The highest BCUT2D eigenvalue weighted by Crippen LogP contribution is 2.30. The van der Waals surface area contributed by atoms with Crippen molar-refractivity contribution in [3.05, 3.63) is 89.3 Å². The minimum absolute atomic E-state index is 0.105. The number of benzene rings is 3. The van der Waals surface area contributed by atoms with Gasteiger partial charge in [0.1, 0.15) is 18.2 Å². The van der Waals surface area contributed by atoms with Gasteiger partial charge in [-0.05, 0) is 49.2 Å². The van der Waals surface area contributed by atoms with E-state index in [1.54, 1.807) is 55.5 Å². The van der Waals surface area contributed by atoms with E-state index in [1.165, 1.54) is 18.2 Å². The monoisotopic (exact) mass is 398 g/mol. The minimum Gasteiger partial charge on any atom is -0.491 e. The van der Waals surface area contributed by atoms with Gasteiger partial charge in [0.15, 0.2) is 11.6 Å². The molecule has 0 aromatic heterocycles. The Kier molecular flexibility index (Phi) is 6.60. The number of hydrogen-bond acceptors (Lipinski definition) is 2. The summed E-state index contributed by atoms with van der Waals surface area (Å²) in [7, 11) is 0. The molecule has 0 heterocycles. The van der Waals surface area contributed by atoms with Gasteiger partial charge in [-0.25, -0.2) is 8.78 Å². The highest BCUT2D eigenvalue weighted by Gasteiger charge is 2.15. The topological polar surface area (TPSA) is 18.5 Å². The molecule has 0 N–H and O–H groups in total. The molecule has 0 radical (unpaired) electrons. The summed E-state index contributed by atoms with van der Waals surface area (Å²) < 4.78 is 53.1. The molecule has 3 aromatic rings. The smallest absolute Gasteiger partial charge is 0.201 e. The van der Waals surface area contributed by atoms with Gasteiger partial charge < -0.3 is 9.47 Å². The molecule has 0 aliphatic rings. The van der Waals surface area contributed by atoms with Crippen LogP contribution in [-0.4, -0.2) is 6.61 Å². The van der Waals surface area contributed by atoms with Gasteiger partial charge in [0.05, 0.1) is 6.61 Å². The Bertz CT molecular complexity index is 1010. The van der Waals surface area contributed by atoms with Crippen molar-refractivity contribution in [3.8, 4) is 22.6 Å². The van der Waals surface area contributed by atoms with E-state index >= 15 is 0 Å². The molecule has 2 nitrogen and oxygen atoms in total. The summed E-state index contributed by atoms with van der Waals surface area (Å²) in [6.45, 7) is 4.01. The molecular formula is C24H21F3O2. The second kappa shape index (κ2) is 9.32. The fourth-order valence-corrected chi connectivity index (χ4v) is 2.88. The van der Waals surface area contributed by atoms with Crippen LogP contribution in [0.4, 0.5) is 13.2 Å². The Labute approximate surface area is 168 Å². The Morgan fingerprint density at radius 1 is 0.862 bits per heavy atom. The van der Waals surface area contributed by atoms with Crippen LogP contribution in [0, 0.1) is 17.5 Å². The quantitative estimate of drug-likeness (QED) is 0.437. The molecule has 3 aromatic carbocycles. The maximum absolute atomic E-state index is 14.3. The summed E-state index contributed by atoms with van der Waals surface area (Å²) in [4.78, 5) is 0. The molecule has 0 fully saturated rings. The van der Waals surface area contributed by atoms with Crippen LogP contribution in [0.25, 0.3) is 17.2 Å². The minimum atomic E-state index is -1.000. The van der Waals surface area contributed by atoms with Crippen molar-refractivity contribution in [2.45, 2.75) is 20.5 Å². The van der Waals surface area contributed by atoms with Crippen molar-refractivity contribution in [2.75, 3.05) is 6.61 Å². The van der Waals surface area contributed by atoms with Crippen LogP contribution in [0.15, 0.2) is 60.7 Å². The summed E-state index contributed by atoms with van der Waals surface area (Å²) in [6, 6.07) is 14.5. The summed E-state index contributed by atoms with van der Waals surface area (Å²) in [6.07, 6.45) is 3.44. The lowest BCUT2D eigenvalue weighted by molar-refractivity contribution is 0.304. The van der Waals surface area contributed by atoms with Crippen LogP contribution in [-0.2, 0) is 6.61 Å². The van der Waals surface area contributed by atoms with Crippen molar-refractivity contribution in [1.82, 2.24) is 0 Å². The van der Waals surface area contributed by atoms with Gasteiger partial charge in [-0.2, -0.15) is 4.39 Å². The Morgan fingerprint density at radius 2 is 1.62 bits per heavy atom. The largest absolute Gasteiger partial charge is 0.491 e. The third-order valence-corrected chi connectivity index (χ3v) is 4.34. The van der Waals surface area contributed by atoms with Gasteiger partial charge in [-0.3, -0.25) is 0 Å². The molecule has 0 atom stereocenters. The lowest BCUT2D eigenvalue weighted by Crippen LogP contribution is -1.99. The van der Waals surface area contributed by atoms with Crippen molar-refractivity contribution >= 4 is 6.08 Å². The third kappa shape index (κ3) is 4.80. The predicted molar refractivity (Wildman–Crippen MR) is 108 cm³/mol. The lowest BCUT2D eigenvalue weighted by Gasteiger charge is -2.10. The molecule has 0 saturated heterocycles. The van der Waals surface area contributed by atoms with E-state index in [0.717, 1.165) is 5.56 Å². The zero-order valence-corrected chi connectivity index (χ0v) is 16.2. The van der Waals surface area contributed by atoms with Gasteiger partial charge in [-0.1, -0.05) is 36.4 Å². The molecule has 0 amide bonds. The molecule has 150 valence electrons. The number of rotatable bonds is 7. The zero-order chi connectivity index (χ0) is 20.8. The van der Waals surface area contributed by atoms with E-state index in [1.807, 2.05) is 6.92 Å². The summed E-state index contributed by atoms with van der Waals surface area (Å²) >= 11 is 0. The standard InChI is InChI=1S/C24H21F3O2/c1-3-5-18-10-11-19(14-21(18)25)29-15-16-6-8-17(9-7-16)20-12-13-22(28-4-2)24(27)23(20)26/h3,5-14H,4,15H2,1-2H3. The third-order valence-electron chi connectivity index (χ3n) is 4.34. The first-order valence-electron chi connectivity index (χ1n) is 9.28. The van der Waals surface area contributed by atoms with Gasteiger partial charge in [0.2, 0.25) is 5.82 Å². The normalized spacial score (nSPS) is 11.1. The van der Waals surface area contributed by atoms with Gasteiger partial charge >= 0.3 is 0 Å². The van der Waals surface area contributed by atoms with Crippen LogP contribution in [0.5, 0.6) is 11.5 Å². The van der Waals surface area contributed by atoms with Crippen LogP contribution in [0.1, 0.15) is 25.0 Å². The highest BCUT2D eigenvalue weighted by molar-refractivity contribution is 5.65. The highest BCUT2D eigenvalue weighted by atomic mass is 19.2. The van der Waals surface area contributed by atoms with E-state index in [4.69, 9.17) is 9.47 Å². The lowest BCUT2D eigenvalue weighted by atomic mass is 10.0. The molecule has 5 heteroatoms. The Balaban J connectivity index is 1.71. The van der Waals surface area contributed by atoms with Crippen molar-refractivity contribution < 1.29 is 22.6 Å². The Morgan fingerprint density at radius 3 is 2.28 bits per heavy atom. The average Bonchev–Trinajstić information content (AvgIpc) is 2.73. The molecule has 0 aliphatic carbocycles. The molecule has 0 aliphatic heterocycles. The molecule has 29 heavy (non-hydrogen) atoms. The van der Waals surface area contributed by atoms with Crippen LogP contribution in [0.2, 0.25) is 0 Å². The van der Waals surface area contributed by atoms with Gasteiger partial charge in [-0.15, -0.1) is 0 Å². The summed E-state index contributed by atoms with van der Waals surface area (Å²) in [5.41, 5.74) is 2.00. The number of allylic oxidation sites excluding steroid dienone is 1. The van der Waals surface area contributed by atoms with Crippen molar-refractivity contribution in [3.63, 3.8) is 0 Å². The summed E-state index contributed by atoms with van der Waals surface area (Å²) in [5, 5.41) is 0. The zero-order valence-electron chi connectivity index (χ0n) is 16.2. The number of ether oxygens (including phenoxy) is 2. The number of halogens is 3. The average molecular weight is 398 g/mol. The van der Waals surface area contributed by atoms with Gasteiger partial charge in [0, 0.05) is 17.2 Å². The van der Waals surface area contributed by atoms with E-state index in [0.29, 0.717) is 16.9 Å². The maximum atomic E-state index is 14.3. The van der Waals surface area contributed by atoms with Gasteiger partial charge in [0.25, 0.3) is 0 Å². The van der Waals surface area contributed by atoms with E-state index < -0.39 is 11.6 Å². The first-order chi connectivity index (χ1) is 14.0. The molecule has 3 rings (SSSR count). The summed E-state index contributed by atoms with van der Waals surface area (Å²) in [5.74, 6) is -1.99. The molecule has 0 bridgehead atoms. The second-order valence-corrected chi connectivity index (χ2v) is 6.34. The fraction of sp³-hybridized carbons (Fsp3) is 0.167.